The van der Waals surface area contributed by atoms with E-state index in [1.165, 1.54) is 6.20 Å². The van der Waals surface area contributed by atoms with Crippen LogP contribution in [0.4, 0.5) is 5.69 Å². The summed E-state index contributed by atoms with van der Waals surface area (Å²) in [4.78, 5) is 23.4. The molecule has 0 bridgehead atoms. The molecule has 0 spiro atoms. The van der Waals surface area contributed by atoms with Crippen molar-refractivity contribution in [2.75, 3.05) is 7.11 Å². The summed E-state index contributed by atoms with van der Waals surface area (Å²) in [6.45, 7) is 0.558. The molecule has 0 N–H and O–H groups in total. The Balaban J connectivity index is 2.15. The maximum absolute atomic E-state index is 13.1. The minimum Gasteiger partial charge on any atom is -0.468 e. The van der Waals surface area contributed by atoms with Crippen molar-refractivity contribution in [1.29, 1.82) is 0 Å². The molecule has 0 saturated carbocycles. The normalized spacial score (nSPS) is 15.0. The Labute approximate surface area is 156 Å². The van der Waals surface area contributed by atoms with Gasteiger partial charge in [0.15, 0.2) is 15.1 Å². The predicted octanol–water partition coefficient (Wildman–Crippen LogP) is 2.56. The van der Waals surface area contributed by atoms with Crippen molar-refractivity contribution in [3.63, 3.8) is 0 Å². The summed E-state index contributed by atoms with van der Waals surface area (Å²) in [5.41, 5.74) is 0.628. The van der Waals surface area contributed by atoms with Crippen LogP contribution in [0.25, 0.3) is 0 Å². The van der Waals surface area contributed by atoms with Crippen LogP contribution in [0.3, 0.4) is 0 Å². The molecule has 1 aromatic carbocycles. The molecule has 9 heteroatoms. The summed E-state index contributed by atoms with van der Waals surface area (Å²) in [7, 11) is -3.01. The van der Waals surface area contributed by atoms with E-state index in [-0.39, 0.29) is 11.3 Å². The molecular weight excluding hydrogens is 372 g/mol. The van der Waals surface area contributed by atoms with Gasteiger partial charge in [0, 0.05) is 12.2 Å². The number of aromatic nitrogens is 1. The summed E-state index contributed by atoms with van der Waals surface area (Å²) in [6, 6.07) is 8.41. The number of esters is 1. The first kappa shape index (κ1) is 19.1. The number of rotatable bonds is 6. The summed E-state index contributed by atoms with van der Waals surface area (Å²) >= 11 is 0. The van der Waals surface area contributed by atoms with E-state index in [0.717, 1.165) is 20.0 Å². The van der Waals surface area contributed by atoms with Crippen molar-refractivity contribution in [1.82, 2.24) is 4.57 Å². The van der Waals surface area contributed by atoms with Crippen molar-refractivity contribution < 1.29 is 22.9 Å². The lowest BCUT2D eigenvalue weighted by Gasteiger charge is -2.20. The summed E-state index contributed by atoms with van der Waals surface area (Å²) in [6.07, 6.45) is 3.44. The van der Waals surface area contributed by atoms with Crippen LogP contribution in [-0.4, -0.2) is 31.0 Å². The highest BCUT2D eigenvalue weighted by molar-refractivity contribution is 7.91. The second-order valence-corrected chi connectivity index (χ2v) is 8.56. The van der Waals surface area contributed by atoms with Gasteiger partial charge in [0.05, 0.1) is 29.5 Å². The zero-order chi connectivity index (χ0) is 19.6. The van der Waals surface area contributed by atoms with Crippen LogP contribution >= 0.6 is 0 Å². The fourth-order valence-electron chi connectivity index (χ4n) is 3.52. The molecule has 8 nitrogen and oxygen atoms in total. The van der Waals surface area contributed by atoms with Gasteiger partial charge in [-0.15, -0.1) is 0 Å². The third kappa shape index (κ3) is 3.73. The molecule has 0 amide bonds. The number of fused-ring (bicyclic) bond motifs is 1. The van der Waals surface area contributed by atoms with E-state index in [1.54, 1.807) is 34.9 Å². The lowest BCUT2D eigenvalue weighted by molar-refractivity contribution is -0.385. The average Bonchev–Trinajstić information content (AvgIpc) is 3.01. The van der Waals surface area contributed by atoms with Gasteiger partial charge in [0.2, 0.25) is 0 Å². The first-order chi connectivity index (χ1) is 12.8. The van der Waals surface area contributed by atoms with Crippen LogP contribution < -0.4 is 0 Å². The van der Waals surface area contributed by atoms with E-state index in [0.29, 0.717) is 24.2 Å². The molecule has 144 valence electrons. The van der Waals surface area contributed by atoms with E-state index >= 15 is 0 Å². The third-order valence-corrected chi connectivity index (χ3v) is 6.60. The molecule has 3 rings (SSSR count). The van der Waals surface area contributed by atoms with Gasteiger partial charge < -0.3 is 9.30 Å². The number of hydrogen-bond acceptors (Lipinski definition) is 6. The summed E-state index contributed by atoms with van der Waals surface area (Å²) < 4.78 is 32.7. The second kappa shape index (κ2) is 7.51. The molecule has 1 atom stereocenters. The van der Waals surface area contributed by atoms with Gasteiger partial charge in [-0.25, -0.2) is 8.42 Å². The number of sulfone groups is 1. The van der Waals surface area contributed by atoms with Crippen LogP contribution in [0.1, 0.15) is 34.9 Å². The number of benzene rings is 1. The maximum Gasteiger partial charge on any atom is 0.328 e. The molecule has 27 heavy (non-hydrogen) atoms. The highest BCUT2D eigenvalue weighted by Crippen LogP contribution is 2.39. The molecule has 0 radical (unpaired) electrons. The van der Waals surface area contributed by atoms with Crippen LogP contribution in [0.15, 0.2) is 36.5 Å². The van der Waals surface area contributed by atoms with Gasteiger partial charge in [0.1, 0.15) is 0 Å². The molecule has 1 aliphatic heterocycles. The SMILES string of the molecule is COC(=O)C(c1c([N+](=O)[O-])cn2c1CCCC2)S(=O)(=O)Cc1ccccc1. The Morgan fingerprint density at radius 1 is 1.30 bits per heavy atom. The predicted molar refractivity (Wildman–Crippen MR) is 97.8 cm³/mol. The van der Waals surface area contributed by atoms with Gasteiger partial charge in [-0.2, -0.15) is 0 Å². The molecule has 0 aliphatic carbocycles. The van der Waals surface area contributed by atoms with E-state index < -0.39 is 31.7 Å². The quantitative estimate of drug-likeness (QED) is 0.425. The zero-order valence-corrected chi connectivity index (χ0v) is 15.6. The van der Waals surface area contributed by atoms with Crippen LogP contribution in [-0.2, 0) is 38.1 Å². The number of methoxy groups -OCH3 is 1. The Morgan fingerprint density at radius 3 is 2.63 bits per heavy atom. The number of nitro groups is 1. The lowest BCUT2D eigenvalue weighted by Crippen LogP contribution is -2.27. The van der Waals surface area contributed by atoms with E-state index in [2.05, 4.69) is 0 Å². The second-order valence-electron chi connectivity index (χ2n) is 6.48. The minimum absolute atomic E-state index is 0.0533. The highest BCUT2D eigenvalue weighted by atomic mass is 32.2. The molecule has 1 aromatic heterocycles. The van der Waals surface area contributed by atoms with E-state index in [4.69, 9.17) is 4.74 Å². The van der Waals surface area contributed by atoms with Gasteiger partial charge in [0.25, 0.3) is 5.69 Å². The van der Waals surface area contributed by atoms with E-state index in [1.807, 2.05) is 0 Å². The lowest BCUT2D eigenvalue weighted by atomic mass is 10.0. The summed E-state index contributed by atoms with van der Waals surface area (Å²) in [5, 5.41) is 9.86. The number of ether oxygens (including phenoxy) is 1. The fourth-order valence-corrected chi connectivity index (χ4v) is 5.35. The van der Waals surface area contributed by atoms with Gasteiger partial charge >= 0.3 is 5.97 Å². The number of carbonyl (C=O) groups is 1. The summed E-state index contributed by atoms with van der Waals surface area (Å²) in [5.74, 6) is -1.41. The first-order valence-corrected chi connectivity index (χ1v) is 10.3. The number of hydrogen-bond donors (Lipinski definition) is 0. The maximum atomic E-state index is 13.1. The van der Waals surface area contributed by atoms with Crippen molar-refractivity contribution >= 4 is 21.5 Å². The molecule has 2 aromatic rings. The van der Waals surface area contributed by atoms with Gasteiger partial charge in [-0.1, -0.05) is 30.3 Å². The van der Waals surface area contributed by atoms with Gasteiger partial charge in [-0.3, -0.25) is 14.9 Å². The number of nitrogens with zero attached hydrogens (tertiary/aromatic N) is 2. The molecule has 0 saturated heterocycles. The Kier molecular flexibility index (Phi) is 5.31. The van der Waals surface area contributed by atoms with Crippen LogP contribution in [0, 0.1) is 10.1 Å². The van der Waals surface area contributed by atoms with Gasteiger partial charge in [-0.05, 0) is 24.8 Å². The fraction of sp³-hybridized carbons (Fsp3) is 0.389. The van der Waals surface area contributed by atoms with Crippen LogP contribution in [0.2, 0.25) is 0 Å². The first-order valence-electron chi connectivity index (χ1n) is 8.54. The highest BCUT2D eigenvalue weighted by Gasteiger charge is 2.43. The number of carbonyl (C=O) groups excluding carboxylic acids is 1. The van der Waals surface area contributed by atoms with E-state index in [9.17, 15) is 23.3 Å². The number of aryl methyl sites for hydroxylation is 1. The molecule has 1 unspecified atom stereocenters. The third-order valence-electron chi connectivity index (χ3n) is 4.72. The molecule has 0 fully saturated rings. The van der Waals surface area contributed by atoms with Crippen molar-refractivity contribution in [3.05, 3.63) is 63.5 Å². The monoisotopic (exact) mass is 392 g/mol. The smallest absolute Gasteiger partial charge is 0.328 e. The topological polar surface area (TPSA) is 109 Å². The van der Waals surface area contributed by atoms with Crippen molar-refractivity contribution in [2.45, 2.75) is 36.8 Å². The van der Waals surface area contributed by atoms with Crippen molar-refractivity contribution in [2.24, 2.45) is 0 Å². The zero-order valence-electron chi connectivity index (χ0n) is 14.8. The Hall–Kier alpha value is -2.68. The molecule has 2 heterocycles. The van der Waals surface area contributed by atoms with Crippen LogP contribution in [0.5, 0.6) is 0 Å². The largest absolute Gasteiger partial charge is 0.468 e. The average molecular weight is 392 g/mol. The minimum atomic E-state index is -4.09. The Bertz CT molecular complexity index is 965. The van der Waals surface area contributed by atoms with Crippen molar-refractivity contribution in [3.8, 4) is 0 Å². The molecular formula is C18H20N2O6S. The Morgan fingerprint density at radius 2 is 2.00 bits per heavy atom. The standard InChI is InChI=1S/C18H20N2O6S/c1-26-18(21)17(27(24,25)12-13-7-3-2-4-8-13)16-14-9-5-6-10-19(14)11-15(16)20(22)23/h2-4,7-8,11,17H,5-6,9-10,12H2,1H3. The molecule has 1 aliphatic rings.